The summed E-state index contributed by atoms with van der Waals surface area (Å²) < 4.78 is 36.7. The third kappa shape index (κ3) is 5.51. The fourth-order valence-corrected chi connectivity index (χ4v) is 5.84. The van der Waals surface area contributed by atoms with Gasteiger partial charge in [-0.25, -0.2) is 23.1 Å². The Labute approximate surface area is 242 Å². The first-order valence-corrected chi connectivity index (χ1v) is 13.7. The number of amides is 1. The lowest BCUT2D eigenvalue weighted by molar-refractivity contribution is 0.0778. The van der Waals surface area contributed by atoms with Crippen LogP contribution < -0.4 is 10.6 Å². The lowest BCUT2D eigenvalue weighted by atomic mass is 9.88. The van der Waals surface area contributed by atoms with E-state index in [1.165, 1.54) is 21.0 Å². The Balaban J connectivity index is 1.45. The number of carbonyl (C=O) groups is 1. The Bertz CT molecular complexity index is 1590. The van der Waals surface area contributed by atoms with Crippen molar-refractivity contribution < 1.29 is 23.4 Å². The summed E-state index contributed by atoms with van der Waals surface area (Å²) in [6.45, 7) is 6.15. The van der Waals surface area contributed by atoms with Crippen molar-refractivity contribution in [3.63, 3.8) is 0 Å². The van der Waals surface area contributed by atoms with Crippen molar-refractivity contribution in [3.8, 4) is 11.3 Å². The largest absolute Gasteiger partial charge is 0.453 e. The molecule has 1 saturated heterocycles. The molecule has 4 heterocycles. The van der Waals surface area contributed by atoms with Crippen LogP contribution in [0, 0.1) is 17.6 Å². The van der Waals surface area contributed by atoms with Gasteiger partial charge in [-0.2, -0.15) is 5.10 Å². The van der Waals surface area contributed by atoms with Crippen LogP contribution in [0.3, 0.4) is 0 Å². The van der Waals surface area contributed by atoms with Crippen LogP contribution in [0.2, 0.25) is 0 Å². The second-order valence-electron chi connectivity index (χ2n) is 11.4. The number of nitrogens with zero attached hydrogens (tertiary/aromatic N) is 6. The highest BCUT2D eigenvalue weighted by Gasteiger charge is 2.38. The van der Waals surface area contributed by atoms with Crippen molar-refractivity contribution in [2.45, 2.75) is 44.9 Å². The van der Waals surface area contributed by atoms with Gasteiger partial charge in [0.05, 0.1) is 41.7 Å². The van der Waals surface area contributed by atoms with E-state index in [0.717, 1.165) is 23.4 Å². The van der Waals surface area contributed by atoms with Crippen LogP contribution in [0.5, 0.6) is 0 Å². The number of piperidine rings is 1. The van der Waals surface area contributed by atoms with Crippen LogP contribution >= 0.6 is 0 Å². The van der Waals surface area contributed by atoms with Gasteiger partial charge in [0, 0.05) is 56.2 Å². The summed E-state index contributed by atoms with van der Waals surface area (Å²) in [5, 5.41) is 14.8. The van der Waals surface area contributed by atoms with E-state index in [1.807, 2.05) is 6.07 Å². The molecule has 3 atom stereocenters. The average Bonchev–Trinajstić information content (AvgIpc) is 3.33. The van der Waals surface area contributed by atoms with Gasteiger partial charge in [-0.1, -0.05) is 6.92 Å². The summed E-state index contributed by atoms with van der Waals surface area (Å²) in [5.41, 5.74) is 7.59. The van der Waals surface area contributed by atoms with Gasteiger partial charge in [-0.3, -0.25) is 4.98 Å². The van der Waals surface area contributed by atoms with Gasteiger partial charge >= 0.3 is 6.09 Å². The number of halogens is 2. The summed E-state index contributed by atoms with van der Waals surface area (Å²) in [5.74, 6) is -1.01. The molecular weight excluding hydrogens is 544 g/mol. The predicted octanol–water partition coefficient (Wildman–Crippen LogP) is 3.74. The smallest absolute Gasteiger partial charge is 0.409 e. The van der Waals surface area contributed by atoms with Crippen molar-refractivity contribution in [3.05, 3.63) is 77.5 Å². The van der Waals surface area contributed by atoms with Crippen molar-refractivity contribution in [2.24, 2.45) is 11.7 Å². The predicted molar refractivity (Wildman–Crippen MR) is 154 cm³/mol. The molecule has 0 spiro atoms. The lowest BCUT2D eigenvalue weighted by Gasteiger charge is -2.45. The molecule has 5 rings (SSSR count). The molecule has 1 aromatic carbocycles. The fraction of sp³-hybridized carbons (Fsp3) is 0.400. The first-order valence-electron chi connectivity index (χ1n) is 13.7. The van der Waals surface area contributed by atoms with Crippen LogP contribution in [0.4, 0.5) is 19.3 Å². The molecule has 1 aliphatic rings. The Morgan fingerprint density at radius 2 is 1.90 bits per heavy atom. The number of aliphatic hydroxyl groups is 1. The van der Waals surface area contributed by atoms with Crippen molar-refractivity contribution in [1.82, 2.24) is 24.5 Å². The molecule has 10 nitrogen and oxygen atoms in total. The number of rotatable bonds is 6. The van der Waals surface area contributed by atoms with E-state index < -0.39 is 23.3 Å². The monoisotopic (exact) mass is 579 g/mol. The van der Waals surface area contributed by atoms with Gasteiger partial charge in [-0.05, 0) is 55.7 Å². The van der Waals surface area contributed by atoms with Gasteiger partial charge in [0.2, 0.25) is 0 Å². The number of carbonyl (C=O) groups excluding carboxylic acids is 1. The minimum atomic E-state index is -1.40. The number of anilines is 1. The van der Waals surface area contributed by atoms with Gasteiger partial charge < -0.3 is 25.4 Å². The zero-order chi connectivity index (χ0) is 30.3. The highest BCUT2D eigenvalue weighted by molar-refractivity contribution is 5.68. The van der Waals surface area contributed by atoms with E-state index >= 15 is 8.78 Å². The molecule has 1 aliphatic heterocycles. The van der Waals surface area contributed by atoms with E-state index in [0.29, 0.717) is 30.9 Å². The average molecular weight is 580 g/mol. The van der Waals surface area contributed by atoms with Crippen LogP contribution in [-0.2, 0) is 16.8 Å². The van der Waals surface area contributed by atoms with Crippen LogP contribution in [0.1, 0.15) is 37.7 Å². The summed E-state index contributed by atoms with van der Waals surface area (Å²) in [6, 6.07) is 6.91. The second-order valence-corrected chi connectivity index (χ2v) is 11.4. The Kier molecular flexibility index (Phi) is 7.86. The number of methoxy groups -OCH3 is 1. The molecule has 1 fully saturated rings. The molecule has 0 saturated carbocycles. The molecule has 0 radical (unpaired) electrons. The highest BCUT2D eigenvalue weighted by Crippen LogP contribution is 2.32. The fourth-order valence-electron chi connectivity index (χ4n) is 5.84. The maximum absolute atomic E-state index is 15.1. The number of likely N-dealkylation sites (N-methyl/N-ethyl adjacent to an activating group) is 1. The third-order valence-electron chi connectivity index (χ3n) is 7.90. The van der Waals surface area contributed by atoms with Crippen LogP contribution in [0.15, 0.2) is 48.9 Å². The van der Waals surface area contributed by atoms with Crippen molar-refractivity contribution >= 4 is 17.3 Å². The molecule has 1 amide bonds. The SMILES string of the molecule is COC(=O)N(C)[C@@H]1[C@H](N)CN(c2ccncc2Cc2ncc3ccc(-c4c(F)cc(C(C)(C)O)cc4F)nn23)C[C@@H]1C. The number of pyridine rings is 1. The number of ether oxygens (including phenoxy) is 1. The molecule has 3 aromatic heterocycles. The van der Waals surface area contributed by atoms with E-state index in [2.05, 4.69) is 26.9 Å². The molecule has 222 valence electrons. The van der Waals surface area contributed by atoms with Gasteiger partial charge in [0.15, 0.2) is 0 Å². The van der Waals surface area contributed by atoms with Crippen LogP contribution in [0.25, 0.3) is 16.8 Å². The Hall–Kier alpha value is -4.16. The Morgan fingerprint density at radius 1 is 1.19 bits per heavy atom. The molecule has 12 heteroatoms. The molecule has 3 N–H and O–H groups in total. The van der Waals surface area contributed by atoms with E-state index in [9.17, 15) is 9.90 Å². The Morgan fingerprint density at radius 3 is 2.55 bits per heavy atom. The normalized spacial score (nSPS) is 19.3. The van der Waals surface area contributed by atoms with Crippen molar-refractivity contribution in [2.75, 3.05) is 32.1 Å². The second kappa shape index (κ2) is 11.3. The van der Waals surface area contributed by atoms with E-state index in [1.54, 1.807) is 47.2 Å². The number of imidazole rings is 1. The minimum Gasteiger partial charge on any atom is -0.453 e. The molecule has 0 unspecified atom stereocenters. The molecule has 0 bridgehead atoms. The zero-order valence-corrected chi connectivity index (χ0v) is 24.3. The first-order chi connectivity index (χ1) is 19.9. The number of hydrogen-bond acceptors (Lipinski definition) is 8. The van der Waals surface area contributed by atoms with Gasteiger partial charge in [0.1, 0.15) is 17.5 Å². The van der Waals surface area contributed by atoms with Crippen LogP contribution in [-0.4, -0.2) is 75.0 Å². The summed E-state index contributed by atoms with van der Waals surface area (Å²) in [4.78, 5) is 24.8. The molecule has 0 aliphatic carbocycles. The first kappa shape index (κ1) is 29.3. The minimum absolute atomic E-state index is 0.0583. The van der Waals surface area contributed by atoms with E-state index in [-0.39, 0.29) is 34.8 Å². The summed E-state index contributed by atoms with van der Waals surface area (Å²) in [6.07, 6.45) is 5.05. The third-order valence-corrected chi connectivity index (χ3v) is 7.90. The summed E-state index contributed by atoms with van der Waals surface area (Å²) >= 11 is 0. The number of benzene rings is 1. The molecule has 42 heavy (non-hydrogen) atoms. The molecule has 4 aromatic rings. The maximum Gasteiger partial charge on any atom is 0.409 e. The lowest BCUT2D eigenvalue weighted by Crippen LogP contribution is -2.62. The van der Waals surface area contributed by atoms with Gasteiger partial charge in [-0.15, -0.1) is 0 Å². The van der Waals surface area contributed by atoms with E-state index in [4.69, 9.17) is 10.5 Å². The highest BCUT2D eigenvalue weighted by atomic mass is 19.1. The number of hydrogen-bond donors (Lipinski definition) is 2. The maximum atomic E-state index is 15.1. The van der Waals surface area contributed by atoms with Gasteiger partial charge in [0.25, 0.3) is 0 Å². The number of fused-ring (bicyclic) bond motifs is 1. The standard InChI is InChI=1S/C30H35F2N7O3/c1-17-15-38(16-23(33)28(17)37(4)29(40)42-5)25-8-9-34-13-18(25)10-26-35-14-20-6-7-24(36-39(20)26)27-21(31)11-19(12-22(27)32)30(2,3)41/h6-9,11-14,17,23,28,41H,10,15-16,33H2,1-5H3/t17-,23+,28-/m0/s1. The van der Waals surface area contributed by atoms with Crippen molar-refractivity contribution in [1.29, 1.82) is 0 Å². The number of aromatic nitrogens is 4. The topological polar surface area (TPSA) is 122 Å². The summed E-state index contributed by atoms with van der Waals surface area (Å²) in [7, 11) is 3.05. The molecular formula is C30H35F2N7O3. The number of nitrogens with two attached hydrogens (primary N) is 1. The quantitative estimate of drug-likeness (QED) is 0.354. The zero-order valence-electron chi connectivity index (χ0n) is 24.3.